The Balaban J connectivity index is 1.89. The van der Waals surface area contributed by atoms with E-state index in [9.17, 15) is 9.90 Å². The summed E-state index contributed by atoms with van der Waals surface area (Å²) in [5.41, 5.74) is 3.41. The summed E-state index contributed by atoms with van der Waals surface area (Å²) in [6.45, 7) is 1.06. The Morgan fingerprint density at radius 3 is 2.70 bits per heavy atom. The minimum Gasteiger partial charge on any atom is -0.486 e. The van der Waals surface area contributed by atoms with Crippen LogP contribution in [0, 0.1) is 0 Å². The van der Waals surface area contributed by atoms with Gasteiger partial charge < -0.3 is 19.6 Å². The lowest BCUT2D eigenvalue weighted by Crippen LogP contribution is -2.15. The van der Waals surface area contributed by atoms with Crippen LogP contribution in [0.2, 0.25) is 0 Å². The third kappa shape index (κ3) is 2.40. The molecule has 1 aliphatic heterocycles. The van der Waals surface area contributed by atoms with Crippen LogP contribution in [0.3, 0.4) is 0 Å². The molecule has 2 N–H and O–H groups in total. The lowest BCUT2D eigenvalue weighted by molar-refractivity contribution is -0.136. The van der Waals surface area contributed by atoms with Crippen molar-refractivity contribution >= 4 is 16.9 Å². The summed E-state index contributed by atoms with van der Waals surface area (Å²) in [4.78, 5) is 14.6. The lowest BCUT2D eigenvalue weighted by atomic mass is 10.0. The van der Waals surface area contributed by atoms with Gasteiger partial charge in [-0.25, -0.2) is 0 Å². The number of hydrogen-bond donors (Lipinski definition) is 2. The number of carboxylic acids is 1. The van der Waals surface area contributed by atoms with Crippen LogP contribution in [0.25, 0.3) is 22.2 Å². The van der Waals surface area contributed by atoms with E-state index in [2.05, 4.69) is 4.98 Å². The van der Waals surface area contributed by atoms with Gasteiger partial charge in [-0.1, -0.05) is 18.2 Å². The molecule has 0 saturated heterocycles. The number of aliphatic carboxylic acids is 1. The van der Waals surface area contributed by atoms with Crippen LogP contribution in [0.5, 0.6) is 11.5 Å². The van der Waals surface area contributed by atoms with E-state index in [1.807, 2.05) is 42.5 Å². The largest absolute Gasteiger partial charge is 0.486 e. The van der Waals surface area contributed by atoms with Gasteiger partial charge in [-0.2, -0.15) is 0 Å². The number of carboxylic acid groups (broad SMARTS) is 1. The van der Waals surface area contributed by atoms with E-state index in [0.717, 1.165) is 33.5 Å². The maximum atomic E-state index is 11.3. The molecule has 0 spiro atoms. The number of carbonyl (C=O) groups is 1. The molecule has 0 radical (unpaired) electrons. The molecular weight excluding hydrogens is 294 g/mol. The first-order valence-electron chi connectivity index (χ1n) is 7.44. The molecule has 3 aromatic rings. The zero-order valence-corrected chi connectivity index (χ0v) is 12.3. The molecule has 2 aromatic carbocycles. The van der Waals surface area contributed by atoms with E-state index in [0.29, 0.717) is 19.0 Å². The molecule has 0 atom stereocenters. The third-order valence-electron chi connectivity index (χ3n) is 3.97. The first kappa shape index (κ1) is 13.7. The molecule has 0 unspecified atom stereocenters. The number of aromatic nitrogens is 1. The zero-order valence-electron chi connectivity index (χ0n) is 12.3. The number of H-pyrrole nitrogens is 1. The molecule has 0 amide bonds. The zero-order chi connectivity index (χ0) is 15.8. The molecule has 2 heterocycles. The Labute approximate surface area is 132 Å². The smallest absolute Gasteiger partial charge is 0.307 e. The van der Waals surface area contributed by atoms with Crippen molar-refractivity contribution in [1.29, 1.82) is 0 Å². The molecule has 4 rings (SSSR count). The van der Waals surface area contributed by atoms with Crippen molar-refractivity contribution in [2.45, 2.75) is 6.42 Å². The van der Waals surface area contributed by atoms with Crippen molar-refractivity contribution in [3.05, 3.63) is 48.0 Å². The van der Waals surface area contributed by atoms with Crippen molar-refractivity contribution in [3.63, 3.8) is 0 Å². The van der Waals surface area contributed by atoms with Crippen molar-refractivity contribution < 1.29 is 19.4 Å². The van der Waals surface area contributed by atoms with Gasteiger partial charge in [-0.15, -0.1) is 0 Å². The summed E-state index contributed by atoms with van der Waals surface area (Å²) >= 11 is 0. The fourth-order valence-electron chi connectivity index (χ4n) is 2.98. The van der Waals surface area contributed by atoms with Crippen LogP contribution in [-0.4, -0.2) is 29.3 Å². The van der Waals surface area contributed by atoms with Crippen molar-refractivity contribution in [2.24, 2.45) is 0 Å². The normalized spacial score (nSPS) is 13.2. The molecule has 23 heavy (non-hydrogen) atoms. The van der Waals surface area contributed by atoms with E-state index in [-0.39, 0.29) is 6.42 Å². The van der Waals surface area contributed by atoms with Gasteiger partial charge in [0.05, 0.1) is 12.1 Å². The molecule has 1 aliphatic rings. The molecule has 0 bridgehead atoms. The van der Waals surface area contributed by atoms with E-state index in [1.54, 1.807) is 0 Å². The molecule has 0 saturated carbocycles. The van der Waals surface area contributed by atoms with Gasteiger partial charge in [0.15, 0.2) is 11.5 Å². The van der Waals surface area contributed by atoms with Gasteiger partial charge in [0.1, 0.15) is 13.2 Å². The minimum atomic E-state index is -0.853. The van der Waals surface area contributed by atoms with Gasteiger partial charge in [0.25, 0.3) is 0 Å². The average molecular weight is 309 g/mol. The SMILES string of the molecule is O=C(O)Cc1c(-c2ccc3c(c2)OCCO3)[nH]c2ccccc12. The summed E-state index contributed by atoms with van der Waals surface area (Å²) in [5.74, 6) is 0.554. The molecule has 1 aromatic heterocycles. The van der Waals surface area contributed by atoms with Gasteiger partial charge in [-0.05, 0) is 29.8 Å². The second kappa shape index (κ2) is 5.35. The molecule has 0 aliphatic carbocycles. The first-order valence-corrected chi connectivity index (χ1v) is 7.44. The quantitative estimate of drug-likeness (QED) is 0.779. The molecule has 5 heteroatoms. The Morgan fingerprint density at radius 2 is 1.87 bits per heavy atom. The predicted molar refractivity (Wildman–Crippen MR) is 86.1 cm³/mol. The van der Waals surface area contributed by atoms with Crippen molar-refractivity contribution in [1.82, 2.24) is 4.98 Å². The van der Waals surface area contributed by atoms with E-state index in [4.69, 9.17) is 9.47 Å². The van der Waals surface area contributed by atoms with E-state index < -0.39 is 5.97 Å². The van der Waals surface area contributed by atoms with Gasteiger partial charge in [0, 0.05) is 16.5 Å². The monoisotopic (exact) mass is 309 g/mol. The molecular formula is C18H15NO4. The summed E-state index contributed by atoms with van der Waals surface area (Å²) in [5, 5.41) is 10.2. The van der Waals surface area contributed by atoms with Crippen LogP contribution < -0.4 is 9.47 Å². The fourth-order valence-corrected chi connectivity index (χ4v) is 2.98. The maximum Gasteiger partial charge on any atom is 0.307 e. The number of benzene rings is 2. The fraction of sp³-hybridized carbons (Fsp3) is 0.167. The van der Waals surface area contributed by atoms with E-state index in [1.165, 1.54) is 0 Å². The second-order valence-electron chi connectivity index (χ2n) is 5.45. The number of ether oxygens (including phenoxy) is 2. The van der Waals surface area contributed by atoms with Gasteiger partial charge in [-0.3, -0.25) is 4.79 Å². The summed E-state index contributed by atoms with van der Waals surface area (Å²) in [6.07, 6.45) is -0.0339. The first-order chi connectivity index (χ1) is 11.2. The molecule has 116 valence electrons. The molecule has 5 nitrogen and oxygen atoms in total. The third-order valence-corrected chi connectivity index (χ3v) is 3.97. The number of hydrogen-bond acceptors (Lipinski definition) is 3. The number of rotatable bonds is 3. The summed E-state index contributed by atoms with van der Waals surface area (Å²) < 4.78 is 11.2. The Hall–Kier alpha value is -2.95. The highest BCUT2D eigenvalue weighted by Crippen LogP contribution is 2.37. The molecule has 0 fully saturated rings. The van der Waals surface area contributed by atoms with Crippen molar-refractivity contribution in [2.75, 3.05) is 13.2 Å². The van der Waals surface area contributed by atoms with Crippen LogP contribution >= 0.6 is 0 Å². The topological polar surface area (TPSA) is 71.6 Å². The highest BCUT2D eigenvalue weighted by Gasteiger charge is 2.18. The predicted octanol–water partition coefficient (Wildman–Crippen LogP) is 3.23. The average Bonchev–Trinajstić information content (AvgIpc) is 2.93. The Bertz CT molecular complexity index is 897. The second-order valence-corrected chi connectivity index (χ2v) is 5.45. The van der Waals surface area contributed by atoms with Crippen LogP contribution in [0.1, 0.15) is 5.56 Å². The number of nitrogens with one attached hydrogen (secondary N) is 1. The maximum absolute atomic E-state index is 11.3. The van der Waals surface area contributed by atoms with Crippen LogP contribution in [0.15, 0.2) is 42.5 Å². The summed E-state index contributed by atoms with van der Waals surface area (Å²) in [6, 6.07) is 13.4. The van der Waals surface area contributed by atoms with Crippen LogP contribution in [0.4, 0.5) is 0 Å². The number of aromatic amines is 1. The van der Waals surface area contributed by atoms with Gasteiger partial charge >= 0.3 is 5.97 Å². The highest BCUT2D eigenvalue weighted by atomic mass is 16.6. The van der Waals surface area contributed by atoms with Crippen molar-refractivity contribution in [3.8, 4) is 22.8 Å². The number of fused-ring (bicyclic) bond motifs is 2. The lowest BCUT2D eigenvalue weighted by Gasteiger charge is -2.18. The standard InChI is InChI=1S/C18H15NO4/c20-17(21)10-13-12-3-1-2-4-14(12)19-18(13)11-5-6-15-16(9-11)23-8-7-22-15/h1-6,9,19H,7-8,10H2,(H,20,21). The summed E-state index contributed by atoms with van der Waals surface area (Å²) in [7, 11) is 0. The van der Waals surface area contributed by atoms with Crippen LogP contribution in [-0.2, 0) is 11.2 Å². The minimum absolute atomic E-state index is 0.0339. The highest BCUT2D eigenvalue weighted by molar-refractivity contribution is 5.94. The Kier molecular flexibility index (Phi) is 3.19. The van der Waals surface area contributed by atoms with Gasteiger partial charge in [0.2, 0.25) is 0 Å². The Morgan fingerprint density at radius 1 is 1.09 bits per heavy atom. The number of para-hydroxylation sites is 1. The van der Waals surface area contributed by atoms with E-state index >= 15 is 0 Å².